The monoisotopic (exact) mass is 433 g/mol. The zero-order valence-corrected chi connectivity index (χ0v) is 17.6. The predicted molar refractivity (Wildman–Crippen MR) is 114 cm³/mol. The van der Waals surface area contributed by atoms with Crippen LogP contribution in [0.2, 0.25) is 0 Å². The number of amides is 1. The van der Waals surface area contributed by atoms with Gasteiger partial charge in [-0.15, -0.1) is 0 Å². The number of carbonyl (C=O) groups is 1. The highest BCUT2D eigenvalue weighted by atomic mass is 19.1. The van der Waals surface area contributed by atoms with Gasteiger partial charge in [-0.3, -0.25) is 14.6 Å². The van der Waals surface area contributed by atoms with Crippen LogP contribution < -0.4 is 10.1 Å². The summed E-state index contributed by atoms with van der Waals surface area (Å²) in [5, 5.41) is 13.0. The Morgan fingerprint density at radius 1 is 1.16 bits per heavy atom. The first-order valence-electron chi connectivity index (χ1n) is 10.4. The minimum absolute atomic E-state index is 0.00627. The van der Waals surface area contributed by atoms with Crippen molar-refractivity contribution >= 4 is 5.91 Å². The molecule has 8 heteroatoms. The molecule has 3 rings (SSSR count). The molecule has 1 saturated heterocycles. The number of hydrogen-bond acceptors (Lipinski definition) is 5. The molecular formula is C23H29F2N3O3. The number of β-amino-alcohol motifs (C(OH)–C–C–N with tert-alkyl or cyclic N) is 1. The number of halogens is 2. The molecule has 1 amide bonds. The SMILES string of the molecule is C[C@H]1CN(CC(=O)NCc2ccccc2F)CCN1C[C@@H](O)COc1ccccc1F. The van der Waals surface area contributed by atoms with E-state index in [0.717, 1.165) is 0 Å². The van der Waals surface area contributed by atoms with Crippen LogP contribution in [-0.4, -0.2) is 72.3 Å². The van der Waals surface area contributed by atoms with Crippen LogP contribution in [0, 0.1) is 11.6 Å². The fourth-order valence-electron chi connectivity index (χ4n) is 3.65. The quantitative estimate of drug-likeness (QED) is 0.634. The molecule has 2 atom stereocenters. The zero-order valence-electron chi connectivity index (χ0n) is 17.6. The summed E-state index contributed by atoms with van der Waals surface area (Å²) in [6, 6.07) is 12.6. The summed E-state index contributed by atoms with van der Waals surface area (Å²) in [7, 11) is 0. The third-order valence-corrected chi connectivity index (χ3v) is 5.36. The Kier molecular flexibility index (Phi) is 8.34. The van der Waals surface area contributed by atoms with E-state index in [1.165, 1.54) is 18.2 Å². The summed E-state index contributed by atoms with van der Waals surface area (Å²) in [6.45, 7) is 4.90. The smallest absolute Gasteiger partial charge is 0.234 e. The van der Waals surface area contributed by atoms with Crippen molar-refractivity contribution in [3.63, 3.8) is 0 Å². The van der Waals surface area contributed by atoms with Crippen molar-refractivity contribution in [2.24, 2.45) is 0 Å². The molecular weight excluding hydrogens is 404 g/mol. The highest BCUT2D eigenvalue weighted by Crippen LogP contribution is 2.16. The molecule has 31 heavy (non-hydrogen) atoms. The maximum absolute atomic E-state index is 13.7. The number of rotatable bonds is 9. The molecule has 2 aromatic rings. The van der Waals surface area contributed by atoms with Crippen molar-refractivity contribution in [1.29, 1.82) is 0 Å². The van der Waals surface area contributed by atoms with Gasteiger partial charge in [-0.2, -0.15) is 0 Å². The number of aliphatic hydroxyl groups excluding tert-OH is 1. The van der Waals surface area contributed by atoms with Crippen molar-refractivity contribution in [1.82, 2.24) is 15.1 Å². The lowest BCUT2D eigenvalue weighted by molar-refractivity contribution is -0.123. The van der Waals surface area contributed by atoms with E-state index in [9.17, 15) is 18.7 Å². The Bertz CT molecular complexity index is 867. The number of piperazine rings is 1. The Morgan fingerprint density at radius 2 is 1.87 bits per heavy atom. The van der Waals surface area contributed by atoms with Gasteiger partial charge in [0.2, 0.25) is 5.91 Å². The molecule has 0 aliphatic carbocycles. The summed E-state index contributed by atoms with van der Waals surface area (Å²) in [4.78, 5) is 16.4. The van der Waals surface area contributed by atoms with Crippen molar-refractivity contribution < 1.29 is 23.4 Å². The average Bonchev–Trinajstić information content (AvgIpc) is 2.74. The van der Waals surface area contributed by atoms with Gasteiger partial charge in [0.1, 0.15) is 18.5 Å². The van der Waals surface area contributed by atoms with Crippen LogP contribution in [-0.2, 0) is 11.3 Å². The van der Waals surface area contributed by atoms with E-state index in [0.29, 0.717) is 31.7 Å². The van der Waals surface area contributed by atoms with Crippen molar-refractivity contribution in [2.45, 2.75) is 25.6 Å². The molecule has 1 heterocycles. The molecule has 0 bridgehead atoms. The highest BCUT2D eigenvalue weighted by Gasteiger charge is 2.26. The van der Waals surface area contributed by atoms with Gasteiger partial charge in [-0.25, -0.2) is 8.78 Å². The number of nitrogens with one attached hydrogen (secondary N) is 1. The minimum atomic E-state index is -0.752. The lowest BCUT2D eigenvalue weighted by atomic mass is 10.1. The van der Waals surface area contributed by atoms with Crippen LogP contribution in [0.5, 0.6) is 5.75 Å². The number of benzene rings is 2. The van der Waals surface area contributed by atoms with Gasteiger partial charge in [0, 0.05) is 44.3 Å². The first kappa shape index (κ1) is 23.1. The second-order valence-electron chi connectivity index (χ2n) is 7.84. The van der Waals surface area contributed by atoms with Gasteiger partial charge in [0.25, 0.3) is 0 Å². The van der Waals surface area contributed by atoms with E-state index >= 15 is 0 Å². The molecule has 0 saturated carbocycles. The summed E-state index contributed by atoms with van der Waals surface area (Å²) >= 11 is 0. The highest BCUT2D eigenvalue weighted by molar-refractivity contribution is 5.78. The second-order valence-corrected chi connectivity index (χ2v) is 7.84. The molecule has 6 nitrogen and oxygen atoms in total. The van der Waals surface area contributed by atoms with Gasteiger partial charge in [-0.1, -0.05) is 30.3 Å². The molecule has 168 valence electrons. The van der Waals surface area contributed by atoms with Crippen LogP contribution in [0.3, 0.4) is 0 Å². The van der Waals surface area contributed by atoms with Crippen LogP contribution in [0.1, 0.15) is 12.5 Å². The number of aliphatic hydroxyl groups is 1. The Labute approximate surface area is 181 Å². The Morgan fingerprint density at radius 3 is 2.58 bits per heavy atom. The largest absolute Gasteiger partial charge is 0.488 e. The molecule has 1 aliphatic heterocycles. The molecule has 0 spiro atoms. The van der Waals surface area contributed by atoms with E-state index in [1.54, 1.807) is 30.3 Å². The van der Waals surface area contributed by atoms with E-state index in [4.69, 9.17) is 4.74 Å². The maximum atomic E-state index is 13.7. The van der Waals surface area contributed by atoms with Crippen LogP contribution >= 0.6 is 0 Å². The van der Waals surface area contributed by atoms with Crippen molar-refractivity contribution in [3.05, 3.63) is 65.7 Å². The molecule has 0 unspecified atom stereocenters. The van der Waals surface area contributed by atoms with Gasteiger partial charge in [0.15, 0.2) is 11.6 Å². The van der Waals surface area contributed by atoms with Gasteiger partial charge in [-0.05, 0) is 25.1 Å². The lowest BCUT2D eigenvalue weighted by Gasteiger charge is -2.40. The number of ether oxygens (including phenoxy) is 1. The van der Waals surface area contributed by atoms with E-state index < -0.39 is 11.9 Å². The summed E-state index contributed by atoms with van der Waals surface area (Å²) in [5.41, 5.74) is 0.459. The first-order chi connectivity index (χ1) is 14.9. The third kappa shape index (κ3) is 6.99. The maximum Gasteiger partial charge on any atom is 0.234 e. The van der Waals surface area contributed by atoms with Gasteiger partial charge >= 0.3 is 0 Å². The van der Waals surface area contributed by atoms with Crippen LogP contribution in [0.15, 0.2) is 48.5 Å². The van der Waals surface area contributed by atoms with E-state index in [-0.39, 0.29) is 43.2 Å². The van der Waals surface area contributed by atoms with E-state index in [2.05, 4.69) is 10.2 Å². The van der Waals surface area contributed by atoms with Gasteiger partial charge < -0.3 is 15.2 Å². The predicted octanol–water partition coefficient (Wildman–Crippen LogP) is 2.03. The molecule has 0 radical (unpaired) electrons. The molecule has 2 aromatic carbocycles. The topological polar surface area (TPSA) is 65.0 Å². The molecule has 1 aliphatic rings. The fourth-order valence-corrected chi connectivity index (χ4v) is 3.65. The molecule has 0 aromatic heterocycles. The number of carbonyl (C=O) groups excluding carboxylic acids is 1. The van der Waals surface area contributed by atoms with E-state index in [1.807, 2.05) is 11.8 Å². The summed E-state index contributed by atoms with van der Waals surface area (Å²) < 4.78 is 32.6. The van der Waals surface area contributed by atoms with Crippen molar-refractivity contribution in [2.75, 3.05) is 39.3 Å². The minimum Gasteiger partial charge on any atom is -0.488 e. The second kappa shape index (κ2) is 11.2. The van der Waals surface area contributed by atoms with Crippen LogP contribution in [0.25, 0.3) is 0 Å². The third-order valence-electron chi connectivity index (χ3n) is 5.36. The Balaban J connectivity index is 1.38. The zero-order chi connectivity index (χ0) is 22.2. The summed E-state index contributed by atoms with van der Waals surface area (Å²) in [6.07, 6.45) is -0.752. The lowest BCUT2D eigenvalue weighted by Crippen LogP contribution is -2.55. The molecule has 1 fully saturated rings. The molecule has 2 N–H and O–H groups in total. The Hall–Kier alpha value is -2.55. The van der Waals surface area contributed by atoms with Crippen molar-refractivity contribution in [3.8, 4) is 5.75 Å². The normalized spacial score (nSPS) is 18.5. The number of para-hydroxylation sites is 1. The summed E-state index contributed by atoms with van der Waals surface area (Å²) in [5.74, 6) is -0.810. The first-order valence-corrected chi connectivity index (χ1v) is 10.4. The number of nitrogens with zero attached hydrogens (tertiary/aromatic N) is 2. The standard InChI is InChI=1S/C23H29F2N3O3/c1-17-13-27(15-23(30)26-12-18-6-2-3-7-20(18)24)10-11-28(17)14-19(29)16-31-22-9-5-4-8-21(22)25/h2-9,17,19,29H,10-16H2,1H3,(H,26,30)/t17-,19+/m0/s1. The average molecular weight is 433 g/mol. The number of hydrogen-bond donors (Lipinski definition) is 2. The fraction of sp³-hybridized carbons (Fsp3) is 0.435. The van der Waals surface area contributed by atoms with Crippen LogP contribution in [0.4, 0.5) is 8.78 Å². The van der Waals surface area contributed by atoms with Gasteiger partial charge in [0.05, 0.1) is 6.54 Å².